The fourth-order valence-electron chi connectivity index (χ4n) is 2.87. The molecule has 1 amide bonds. The van der Waals surface area contributed by atoms with Crippen molar-refractivity contribution in [1.82, 2.24) is 5.16 Å². The minimum atomic E-state index is -3.81. The van der Waals surface area contributed by atoms with Crippen molar-refractivity contribution in [3.63, 3.8) is 0 Å². The van der Waals surface area contributed by atoms with Crippen LogP contribution in [0.2, 0.25) is 0 Å². The Morgan fingerprint density at radius 2 is 1.72 bits per heavy atom. The summed E-state index contributed by atoms with van der Waals surface area (Å²) in [7, 11) is -0.829. The van der Waals surface area contributed by atoms with Crippen LogP contribution in [0.25, 0.3) is 12.2 Å². The van der Waals surface area contributed by atoms with Gasteiger partial charge < -0.3 is 19.3 Å². The van der Waals surface area contributed by atoms with Gasteiger partial charge in [-0.1, -0.05) is 23.4 Å². The zero-order chi connectivity index (χ0) is 23.3. The van der Waals surface area contributed by atoms with Crippen molar-refractivity contribution in [2.45, 2.75) is 18.7 Å². The maximum absolute atomic E-state index is 12.7. The topological polar surface area (TPSA) is 120 Å². The Bertz CT molecular complexity index is 1250. The number of sulfonamides is 1. The molecule has 0 atom stereocenters. The maximum atomic E-state index is 12.7. The van der Waals surface area contributed by atoms with Gasteiger partial charge in [0.2, 0.25) is 5.91 Å². The smallest absolute Gasteiger partial charge is 0.261 e. The van der Waals surface area contributed by atoms with Gasteiger partial charge in [0.05, 0.1) is 24.8 Å². The number of amides is 1. The Morgan fingerprint density at radius 3 is 2.34 bits per heavy atom. The van der Waals surface area contributed by atoms with Gasteiger partial charge in [-0.25, -0.2) is 8.42 Å². The van der Waals surface area contributed by atoms with E-state index in [4.69, 9.17) is 14.0 Å². The van der Waals surface area contributed by atoms with Gasteiger partial charge >= 0.3 is 0 Å². The molecule has 0 saturated heterocycles. The van der Waals surface area contributed by atoms with Gasteiger partial charge in [-0.15, -0.1) is 0 Å². The van der Waals surface area contributed by atoms with E-state index < -0.39 is 10.0 Å². The average Bonchev–Trinajstić information content (AvgIpc) is 3.11. The van der Waals surface area contributed by atoms with E-state index >= 15 is 0 Å². The standard InChI is InChI=1S/C22H23N3O6S/c1-14-22(23-15(2)26)20(31-24-14)11-7-16-5-9-18(10-6-16)32(27,28)25-17-8-12-19(29-3)21(13-17)30-4/h5-13,25H,1-4H3,(H,23,26). The van der Waals surface area contributed by atoms with Crippen molar-refractivity contribution in [2.24, 2.45) is 0 Å². The second-order valence-electron chi connectivity index (χ2n) is 6.77. The van der Waals surface area contributed by atoms with Crippen LogP contribution in [0.4, 0.5) is 11.4 Å². The second kappa shape index (κ2) is 9.56. The van der Waals surface area contributed by atoms with Crippen LogP contribution in [0.1, 0.15) is 23.9 Å². The maximum Gasteiger partial charge on any atom is 0.261 e. The summed E-state index contributed by atoms with van der Waals surface area (Å²) in [6.07, 6.45) is 3.38. The highest BCUT2D eigenvalue weighted by Gasteiger charge is 2.16. The molecule has 0 aliphatic carbocycles. The Balaban J connectivity index is 1.76. The summed E-state index contributed by atoms with van der Waals surface area (Å²) in [4.78, 5) is 11.4. The van der Waals surface area contributed by atoms with E-state index in [9.17, 15) is 13.2 Å². The molecule has 2 aromatic carbocycles. The van der Waals surface area contributed by atoms with Crippen LogP contribution in [0.3, 0.4) is 0 Å². The molecule has 0 fully saturated rings. The lowest BCUT2D eigenvalue weighted by molar-refractivity contribution is -0.114. The predicted molar refractivity (Wildman–Crippen MR) is 121 cm³/mol. The fourth-order valence-corrected chi connectivity index (χ4v) is 3.92. The number of nitrogens with zero attached hydrogens (tertiary/aromatic N) is 1. The molecule has 0 bridgehead atoms. The molecule has 0 unspecified atom stereocenters. The van der Waals surface area contributed by atoms with E-state index in [1.54, 1.807) is 49.4 Å². The van der Waals surface area contributed by atoms with Crippen LogP contribution in [0, 0.1) is 6.92 Å². The van der Waals surface area contributed by atoms with E-state index in [0.717, 1.165) is 5.56 Å². The number of carbonyl (C=O) groups excluding carboxylic acids is 1. The normalized spacial score (nSPS) is 11.4. The zero-order valence-electron chi connectivity index (χ0n) is 18.0. The van der Waals surface area contributed by atoms with Crippen LogP contribution in [-0.2, 0) is 14.8 Å². The third-order valence-electron chi connectivity index (χ3n) is 4.44. The molecule has 10 heteroatoms. The van der Waals surface area contributed by atoms with Crippen molar-refractivity contribution in [3.05, 3.63) is 59.5 Å². The van der Waals surface area contributed by atoms with Gasteiger partial charge in [0.1, 0.15) is 11.4 Å². The molecule has 32 heavy (non-hydrogen) atoms. The molecule has 0 spiro atoms. The lowest BCUT2D eigenvalue weighted by Gasteiger charge is -2.12. The van der Waals surface area contributed by atoms with Crippen molar-refractivity contribution in [1.29, 1.82) is 0 Å². The highest BCUT2D eigenvalue weighted by atomic mass is 32.2. The number of benzene rings is 2. The first kappa shape index (κ1) is 22.9. The minimum absolute atomic E-state index is 0.0962. The summed E-state index contributed by atoms with van der Waals surface area (Å²) in [6, 6.07) is 11.0. The summed E-state index contributed by atoms with van der Waals surface area (Å²) in [5, 5.41) is 6.52. The number of ether oxygens (including phenoxy) is 2. The van der Waals surface area contributed by atoms with E-state index in [2.05, 4.69) is 15.2 Å². The van der Waals surface area contributed by atoms with Crippen molar-refractivity contribution >= 4 is 39.5 Å². The number of hydrogen-bond acceptors (Lipinski definition) is 7. The summed E-state index contributed by atoms with van der Waals surface area (Å²) in [6.45, 7) is 3.12. The van der Waals surface area contributed by atoms with E-state index in [1.165, 1.54) is 33.3 Å². The van der Waals surface area contributed by atoms with Gasteiger partial charge in [-0.3, -0.25) is 9.52 Å². The molecule has 2 N–H and O–H groups in total. The van der Waals surface area contributed by atoms with Gasteiger partial charge in [0, 0.05) is 13.0 Å². The van der Waals surface area contributed by atoms with Crippen LogP contribution < -0.4 is 19.5 Å². The summed E-state index contributed by atoms with van der Waals surface area (Å²) < 4.78 is 43.6. The summed E-state index contributed by atoms with van der Waals surface area (Å²) >= 11 is 0. The first-order valence-corrected chi connectivity index (χ1v) is 11.0. The SMILES string of the molecule is COc1ccc(NS(=O)(=O)c2ccc(C=Cc3onc(C)c3NC(C)=O)cc2)cc1OC. The minimum Gasteiger partial charge on any atom is -0.493 e. The van der Waals surface area contributed by atoms with Crippen LogP contribution in [0.15, 0.2) is 51.9 Å². The number of anilines is 2. The molecule has 3 rings (SSSR count). The molecule has 9 nitrogen and oxygen atoms in total. The second-order valence-corrected chi connectivity index (χ2v) is 8.45. The van der Waals surface area contributed by atoms with Gasteiger partial charge in [0.15, 0.2) is 17.3 Å². The van der Waals surface area contributed by atoms with E-state index in [0.29, 0.717) is 34.3 Å². The number of carbonyl (C=O) groups is 1. The van der Waals surface area contributed by atoms with Gasteiger partial charge in [0.25, 0.3) is 10.0 Å². The molecule has 1 aromatic heterocycles. The van der Waals surface area contributed by atoms with Crippen molar-refractivity contribution < 1.29 is 27.2 Å². The molecule has 1 heterocycles. The monoisotopic (exact) mass is 457 g/mol. The Kier molecular flexibility index (Phi) is 6.84. The fraction of sp³-hybridized carbons (Fsp3) is 0.182. The highest BCUT2D eigenvalue weighted by Crippen LogP contribution is 2.31. The number of rotatable bonds is 8. The Hall–Kier alpha value is -3.79. The quantitative estimate of drug-likeness (QED) is 0.526. The molecule has 0 aliphatic heterocycles. The lowest BCUT2D eigenvalue weighted by Crippen LogP contribution is -2.13. The van der Waals surface area contributed by atoms with Crippen LogP contribution in [0.5, 0.6) is 11.5 Å². The molecule has 0 radical (unpaired) electrons. The largest absolute Gasteiger partial charge is 0.493 e. The molecular formula is C22H23N3O6S. The molecule has 168 valence electrons. The number of hydrogen-bond donors (Lipinski definition) is 2. The molecular weight excluding hydrogens is 434 g/mol. The van der Waals surface area contributed by atoms with E-state index in [1.807, 2.05) is 0 Å². The van der Waals surface area contributed by atoms with Crippen molar-refractivity contribution in [3.8, 4) is 11.5 Å². The average molecular weight is 458 g/mol. The molecule has 3 aromatic rings. The zero-order valence-corrected chi connectivity index (χ0v) is 18.8. The third kappa shape index (κ3) is 5.27. The number of aryl methyl sites for hydroxylation is 1. The Labute approximate surface area is 186 Å². The predicted octanol–water partition coefficient (Wildman–Crippen LogP) is 3.93. The first-order chi connectivity index (χ1) is 15.2. The number of nitrogens with one attached hydrogen (secondary N) is 2. The Morgan fingerprint density at radius 1 is 1.03 bits per heavy atom. The van der Waals surface area contributed by atoms with Gasteiger partial charge in [-0.2, -0.15) is 0 Å². The lowest BCUT2D eigenvalue weighted by atomic mass is 10.2. The number of aromatic nitrogens is 1. The first-order valence-electron chi connectivity index (χ1n) is 9.50. The summed E-state index contributed by atoms with van der Waals surface area (Å²) in [5.41, 5.74) is 2.13. The van der Waals surface area contributed by atoms with Crippen LogP contribution >= 0.6 is 0 Å². The van der Waals surface area contributed by atoms with Crippen molar-refractivity contribution in [2.75, 3.05) is 24.3 Å². The third-order valence-corrected chi connectivity index (χ3v) is 5.84. The molecule has 0 aliphatic rings. The van der Waals surface area contributed by atoms with Gasteiger partial charge in [-0.05, 0) is 42.8 Å². The van der Waals surface area contributed by atoms with Crippen LogP contribution in [-0.4, -0.2) is 33.7 Å². The highest BCUT2D eigenvalue weighted by molar-refractivity contribution is 7.92. The molecule has 0 saturated carbocycles. The van der Waals surface area contributed by atoms with E-state index in [-0.39, 0.29) is 10.8 Å². The number of methoxy groups -OCH3 is 2. The summed E-state index contributed by atoms with van der Waals surface area (Å²) in [5.74, 6) is 1.07.